The lowest BCUT2D eigenvalue weighted by Gasteiger charge is -2.09. The molecule has 1 aliphatic rings. The van der Waals surface area contributed by atoms with E-state index in [0.717, 1.165) is 22.4 Å². The smallest absolute Gasteiger partial charge is 0.232 e. The van der Waals surface area contributed by atoms with Crippen molar-refractivity contribution in [1.82, 2.24) is 0 Å². The molecule has 0 fully saturated rings. The number of halogens is 1. The van der Waals surface area contributed by atoms with Gasteiger partial charge in [-0.15, -0.1) is 0 Å². The molecule has 29 heavy (non-hydrogen) atoms. The Balaban J connectivity index is 1.57. The van der Waals surface area contributed by atoms with Crippen LogP contribution in [0, 0.1) is 6.92 Å². The Hall–Kier alpha value is -3.24. The van der Waals surface area contributed by atoms with Gasteiger partial charge in [-0.25, -0.2) is 0 Å². The third kappa shape index (κ3) is 4.13. The number of fused-ring (bicyclic) bond motifs is 1. The van der Waals surface area contributed by atoms with Gasteiger partial charge in [-0.1, -0.05) is 35.9 Å². The maximum Gasteiger partial charge on any atom is 0.232 e. The number of allylic oxidation sites excluding steroid dienone is 1. The third-order valence-corrected chi connectivity index (χ3v) is 4.86. The molecule has 0 unspecified atom stereocenters. The number of aryl methyl sites for hydroxylation is 1. The first-order valence-corrected chi connectivity index (χ1v) is 9.51. The Labute approximate surface area is 174 Å². The first-order chi connectivity index (χ1) is 14.0. The molecule has 146 valence electrons. The first kappa shape index (κ1) is 19.1. The average molecular weight is 407 g/mol. The Morgan fingerprint density at radius 3 is 2.66 bits per heavy atom. The zero-order valence-electron chi connectivity index (χ0n) is 16.1. The summed E-state index contributed by atoms with van der Waals surface area (Å²) in [7, 11) is 1.60. The van der Waals surface area contributed by atoms with E-state index in [9.17, 15) is 4.79 Å². The van der Waals surface area contributed by atoms with E-state index in [-0.39, 0.29) is 11.5 Å². The fraction of sp³-hybridized carbons (Fsp3) is 0.125. The molecular formula is C24H19ClO4. The number of rotatable bonds is 5. The van der Waals surface area contributed by atoms with E-state index in [1.807, 2.05) is 61.5 Å². The summed E-state index contributed by atoms with van der Waals surface area (Å²) in [6, 6.07) is 18.5. The number of carbonyl (C=O) groups is 1. The summed E-state index contributed by atoms with van der Waals surface area (Å²) in [5.74, 6) is 2.00. The molecular weight excluding hydrogens is 388 g/mol. The number of Topliss-reactive ketones (excluding diaryl/α,β-unsaturated/α-hetero) is 1. The highest BCUT2D eigenvalue weighted by Gasteiger charge is 2.30. The highest BCUT2D eigenvalue weighted by Crippen LogP contribution is 2.38. The second-order valence-corrected chi connectivity index (χ2v) is 7.18. The Bertz CT molecular complexity index is 1120. The molecule has 4 nitrogen and oxygen atoms in total. The molecule has 0 saturated carbocycles. The van der Waals surface area contributed by atoms with Crippen molar-refractivity contribution in [1.29, 1.82) is 0 Å². The minimum Gasteiger partial charge on any atom is -0.497 e. The van der Waals surface area contributed by atoms with E-state index >= 15 is 0 Å². The number of benzene rings is 3. The number of carbonyl (C=O) groups excluding carboxylic acids is 1. The van der Waals surface area contributed by atoms with Crippen molar-refractivity contribution in [2.45, 2.75) is 13.5 Å². The van der Waals surface area contributed by atoms with Gasteiger partial charge in [0.05, 0.1) is 12.7 Å². The highest BCUT2D eigenvalue weighted by molar-refractivity contribution is 6.30. The minimum atomic E-state index is -0.137. The zero-order valence-corrected chi connectivity index (χ0v) is 16.8. The Morgan fingerprint density at radius 2 is 1.86 bits per heavy atom. The van der Waals surface area contributed by atoms with Crippen LogP contribution in [0.4, 0.5) is 0 Å². The molecule has 0 spiro atoms. The van der Waals surface area contributed by atoms with Gasteiger partial charge in [0.2, 0.25) is 5.78 Å². The number of ketones is 1. The summed E-state index contributed by atoms with van der Waals surface area (Å²) >= 11 is 6.02. The molecule has 0 N–H and O–H groups in total. The summed E-state index contributed by atoms with van der Waals surface area (Å²) in [4.78, 5) is 12.8. The van der Waals surface area contributed by atoms with Gasteiger partial charge < -0.3 is 14.2 Å². The number of ether oxygens (including phenoxy) is 3. The standard InChI is InChI=1S/C24H19ClO4/c1-15-9-20(28-14-17-6-3-7-18(25)10-17)13-21-23(15)24(26)22(29-21)12-16-5-4-8-19(11-16)27-2/h3-13H,14H2,1-2H3/b22-12-. The second kappa shape index (κ2) is 8.02. The average Bonchev–Trinajstić information content (AvgIpc) is 3.02. The molecule has 1 aliphatic heterocycles. The molecule has 0 bridgehead atoms. The lowest BCUT2D eigenvalue weighted by atomic mass is 10.0. The van der Waals surface area contributed by atoms with Crippen LogP contribution in [0.25, 0.3) is 6.08 Å². The van der Waals surface area contributed by atoms with Gasteiger partial charge in [-0.3, -0.25) is 4.79 Å². The molecule has 4 rings (SSSR count). The van der Waals surface area contributed by atoms with Crippen LogP contribution in [0.1, 0.15) is 27.0 Å². The normalized spacial score (nSPS) is 13.9. The van der Waals surface area contributed by atoms with Crippen LogP contribution in [0.5, 0.6) is 17.2 Å². The summed E-state index contributed by atoms with van der Waals surface area (Å²) in [6.07, 6.45) is 1.72. The van der Waals surface area contributed by atoms with Crippen LogP contribution >= 0.6 is 11.6 Å². The van der Waals surface area contributed by atoms with E-state index in [1.54, 1.807) is 19.3 Å². The van der Waals surface area contributed by atoms with E-state index in [2.05, 4.69) is 0 Å². The molecule has 0 atom stereocenters. The van der Waals surface area contributed by atoms with Crippen LogP contribution in [0.2, 0.25) is 5.02 Å². The fourth-order valence-corrected chi connectivity index (χ4v) is 3.45. The second-order valence-electron chi connectivity index (χ2n) is 6.75. The van der Waals surface area contributed by atoms with Crippen molar-refractivity contribution in [2.75, 3.05) is 7.11 Å². The van der Waals surface area contributed by atoms with E-state index in [4.69, 9.17) is 25.8 Å². The third-order valence-electron chi connectivity index (χ3n) is 4.63. The molecule has 0 aromatic heterocycles. The lowest BCUT2D eigenvalue weighted by molar-refractivity contribution is 0.101. The molecule has 5 heteroatoms. The predicted molar refractivity (Wildman–Crippen MR) is 113 cm³/mol. The summed E-state index contributed by atoms with van der Waals surface area (Å²) in [6.45, 7) is 2.25. The van der Waals surface area contributed by atoms with E-state index < -0.39 is 0 Å². The molecule has 0 amide bonds. The molecule has 0 radical (unpaired) electrons. The fourth-order valence-electron chi connectivity index (χ4n) is 3.24. The maximum atomic E-state index is 12.8. The van der Waals surface area contributed by atoms with E-state index in [0.29, 0.717) is 28.7 Å². The highest BCUT2D eigenvalue weighted by atomic mass is 35.5. The Kier molecular flexibility index (Phi) is 5.28. The number of methoxy groups -OCH3 is 1. The van der Waals surface area contributed by atoms with Crippen molar-refractivity contribution in [2.24, 2.45) is 0 Å². The molecule has 1 heterocycles. The molecule has 0 saturated heterocycles. The van der Waals surface area contributed by atoms with Gasteiger partial charge in [-0.2, -0.15) is 0 Å². The summed E-state index contributed by atoms with van der Waals surface area (Å²) in [5, 5.41) is 0.664. The van der Waals surface area contributed by atoms with Crippen LogP contribution < -0.4 is 14.2 Å². The number of hydrogen-bond acceptors (Lipinski definition) is 4. The summed E-state index contributed by atoms with van der Waals surface area (Å²) < 4.78 is 17.0. The molecule has 3 aromatic rings. The van der Waals surface area contributed by atoms with Gasteiger partial charge >= 0.3 is 0 Å². The van der Waals surface area contributed by atoms with Crippen LogP contribution in [0.3, 0.4) is 0 Å². The minimum absolute atomic E-state index is 0.137. The van der Waals surface area contributed by atoms with Crippen molar-refractivity contribution >= 4 is 23.5 Å². The zero-order chi connectivity index (χ0) is 20.4. The van der Waals surface area contributed by atoms with E-state index in [1.165, 1.54) is 0 Å². The summed E-state index contributed by atoms with van der Waals surface area (Å²) in [5.41, 5.74) is 3.17. The molecule has 0 aliphatic carbocycles. The van der Waals surface area contributed by atoms with Gasteiger partial charge in [-0.05, 0) is 60.0 Å². The van der Waals surface area contributed by atoms with Gasteiger partial charge in [0.25, 0.3) is 0 Å². The van der Waals surface area contributed by atoms with Crippen molar-refractivity contribution in [3.8, 4) is 17.2 Å². The van der Waals surface area contributed by atoms with Gasteiger partial charge in [0.1, 0.15) is 23.9 Å². The van der Waals surface area contributed by atoms with Crippen molar-refractivity contribution < 1.29 is 19.0 Å². The number of hydrogen-bond donors (Lipinski definition) is 0. The van der Waals surface area contributed by atoms with Crippen molar-refractivity contribution in [3.05, 3.63) is 93.7 Å². The molecule has 3 aromatic carbocycles. The topological polar surface area (TPSA) is 44.8 Å². The van der Waals surface area contributed by atoms with Gasteiger partial charge in [0.15, 0.2) is 5.76 Å². The largest absolute Gasteiger partial charge is 0.497 e. The van der Waals surface area contributed by atoms with Crippen LogP contribution in [-0.2, 0) is 6.61 Å². The quantitative estimate of drug-likeness (QED) is 0.498. The van der Waals surface area contributed by atoms with Crippen LogP contribution in [-0.4, -0.2) is 12.9 Å². The van der Waals surface area contributed by atoms with Crippen LogP contribution in [0.15, 0.2) is 66.4 Å². The van der Waals surface area contributed by atoms with Gasteiger partial charge in [0, 0.05) is 11.1 Å². The Morgan fingerprint density at radius 1 is 1.03 bits per heavy atom. The first-order valence-electron chi connectivity index (χ1n) is 9.13. The maximum absolute atomic E-state index is 12.8. The SMILES string of the molecule is COc1cccc(/C=C2\Oc3cc(OCc4cccc(Cl)c4)cc(C)c3C2=O)c1. The predicted octanol–water partition coefficient (Wildman–Crippen LogP) is 5.85. The van der Waals surface area contributed by atoms with Crippen molar-refractivity contribution in [3.63, 3.8) is 0 Å². The lowest BCUT2D eigenvalue weighted by Crippen LogP contribution is -2.00. The monoisotopic (exact) mass is 406 g/mol.